The second-order valence-corrected chi connectivity index (χ2v) is 7.06. The third-order valence-corrected chi connectivity index (χ3v) is 5.05. The van der Waals surface area contributed by atoms with Crippen molar-refractivity contribution in [2.24, 2.45) is 0 Å². The van der Waals surface area contributed by atoms with Gasteiger partial charge in [0.2, 0.25) is 6.10 Å². The Morgan fingerprint density at radius 1 is 1.18 bits per heavy atom. The molecule has 1 unspecified atom stereocenters. The molecule has 1 aromatic heterocycles. The topological polar surface area (TPSA) is 64.8 Å². The summed E-state index contributed by atoms with van der Waals surface area (Å²) in [5.41, 5.74) is 2.90. The number of rotatable bonds is 4. The Morgan fingerprint density at radius 2 is 1.93 bits per heavy atom. The van der Waals surface area contributed by atoms with Gasteiger partial charge in [-0.05, 0) is 43.7 Å². The molecule has 2 aromatic carbocycles. The van der Waals surface area contributed by atoms with E-state index in [1.54, 1.807) is 56.2 Å². The monoisotopic (exact) mass is 398 g/mol. The fourth-order valence-electron chi connectivity index (χ4n) is 3.35. The van der Waals surface area contributed by atoms with E-state index in [1.165, 1.54) is 0 Å². The zero-order valence-corrected chi connectivity index (χ0v) is 16.5. The quantitative estimate of drug-likeness (QED) is 0.641. The molecule has 7 heteroatoms. The number of benzene rings is 2. The molecule has 3 aromatic rings. The predicted octanol–water partition coefficient (Wildman–Crippen LogP) is 4.62. The number of ether oxygens (including phenoxy) is 2. The van der Waals surface area contributed by atoms with Crippen LogP contribution in [-0.4, -0.2) is 18.2 Å². The summed E-state index contributed by atoms with van der Waals surface area (Å²) in [7, 11) is 1.59. The van der Waals surface area contributed by atoms with Gasteiger partial charge < -0.3 is 18.9 Å². The molecule has 28 heavy (non-hydrogen) atoms. The van der Waals surface area contributed by atoms with Gasteiger partial charge in [-0.25, -0.2) is 0 Å². The predicted molar refractivity (Wildman–Crippen MR) is 105 cm³/mol. The van der Waals surface area contributed by atoms with Crippen LogP contribution in [0.3, 0.4) is 0 Å². The Kier molecular flexibility index (Phi) is 4.73. The maximum atomic E-state index is 13.4. The Labute approximate surface area is 167 Å². The summed E-state index contributed by atoms with van der Waals surface area (Å²) in [6, 6.07) is 12.8. The van der Waals surface area contributed by atoms with Crippen LogP contribution < -0.4 is 14.4 Å². The number of hydrogen-bond donors (Lipinski definition) is 0. The van der Waals surface area contributed by atoms with Crippen molar-refractivity contribution < 1.29 is 18.8 Å². The van der Waals surface area contributed by atoms with Crippen LogP contribution in [0.15, 0.2) is 47.0 Å². The largest absolute Gasteiger partial charge is 0.497 e. The van der Waals surface area contributed by atoms with Gasteiger partial charge in [0, 0.05) is 11.1 Å². The molecule has 0 fully saturated rings. The van der Waals surface area contributed by atoms with Gasteiger partial charge in [-0.1, -0.05) is 28.9 Å². The Balaban J connectivity index is 1.79. The first kappa shape index (κ1) is 18.4. The van der Waals surface area contributed by atoms with Crippen LogP contribution in [0.4, 0.5) is 5.69 Å². The number of carbonyl (C=O) groups is 1. The third kappa shape index (κ3) is 3.20. The zero-order chi connectivity index (χ0) is 19.8. The lowest BCUT2D eigenvalue weighted by Gasteiger charge is -2.34. The lowest BCUT2D eigenvalue weighted by molar-refractivity contribution is -0.126. The van der Waals surface area contributed by atoms with E-state index in [4.69, 9.17) is 25.6 Å². The molecular weight excluding hydrogens is 380 g/mol. The van der Waals surface area contributed by atoms with Gasteiger partial charge in [-0.2, -0.15) is 0 Å². The van der Waals surface area contributed by atoms with E-state index in [1.807, 2.05) is 12.1 Å². The first-order valence-corrected chi connectivity index (χ1v) is 9.19. The number of anilines is 1. The minimum atomic E-state index is -0.820. The lowest BCUT2D eigenvalue weighted by atomic mass is 10.0. The first-order chi connectivity index (χ1) is 13.5. The highest BCUT2D eigenvalue weighted by atomic mass is 35.5. The van der Waals surface area contributed by atoms with Gasteiger partial charge in [0.05, 0.1) is 30.6 Å². The van der Waals surface area contributed by atoms with Crippen LogP contribution in [0.1, 0.15) is 28.7 Å². The molecule has 0 aliphatic carbocycles. The molecule has 1 aliphatic rings. The number of fused-ring (bicyclic) bond motifs is 1. The number of nitrogens with zero attached hydrogens (tertiary/aromatic N) is 2. The summed E-state index contributed by atoms with van der Waals surface area (Å²) in [6.45, 7) is 3.95. The molecular formula is C21H19ClN2O4. The molecule has 4 rings (SSSR count). The standard InChI is InChI=1S/C21H19ClN2O4/c1-12-19(13(2)28-23-12)20-21(25)24(11-14-4-6-15(22)7-5-14)17-10-16(26-3)8-9-18(17)27-20/h4-10,20H,11H2,1-3H3. The zero-order valence-electron chi connectivity index (χ0n) is 15.7. The molecule has 0 N–H and O–H groups in total. The molecule has 6 nitrogen and oxygen atoms in total. The number of aromatic nitrogens is 1. The van der Waals surface area contributed by atoms with Gasteiger partial charge >= 0.3 is 0 Å². The molecule has 1 amide bonds. The van der Waals surface area contributed by atoms with Crippen molar-refractivity contribution in [3.05, 3.63) is 70.1 Å². The maximum Gasteiger partial charge on any atom is 0.273 e. The van der Waals surface area contributed by atoms with E-state index in [0.717, 1.165) is 5.56 Å². The SMILES string of the molecule is COc1ccc2c(c1)N(Cc1ccc(Cl)cc1)C(=O)C(c1c(C)noc1C)O2. The third-order valence-electron chi connectivity index (χ3n) is 4.80. The van der Waals surface area contributed by atoms with E-state index < -0.39 is 6.10 Å². The molecule has 0 spiro atoms. The van der Waals surface area contributed by atoms with Gasteiger partial charge in [-0.3, -0.25) is 4.79 Å². The van der Waals surface area contributed by atoms with Gasteiger partial charge in [0.1, 0.15) is 17.3 Å². The van der Waals surface area contributed by atoms with Crippen molar-refractivity contribution in [1.82, 2.24) is 5.16 Å². The minimum Gasteiger partial charge on any atom is -0.497 e. The molecule has 144 valence electrons. The Bertz CT molecular complexity index is 1010. The minimum absolute atomic E-state index is 0.190. The van der Waals surface area contributed by atoms with Crippen LogP contribution in [0.2, 0.25) is 5.02 Å². The summed E-state index contributed by atoms with van der Waals surface area (Å²) >= 11 is 5.99. The number of halogens is 1. The maximum absolute atomic E-state index is 13.4. The summed E-state index contributed by atoms with van der Waals surface area (Å²) in [4.78, 5) is 15.1. The van der Waals surface area contributed by atoms with Crippen LogP contribution >= 0.6 is 11.6 Å². The summed E-state index contributed by atoms with van der Waals surface area (Å²) in [5.74, 6) is 1.62. The smallest absolute Gasteiger partial charge is 0.273 e. The van der Waals surface area contributed by atoms with Crippen LogP contribution in [0.5, 0.6) is 11.5 Å². The molecule has 2 heterocycles. The van der Waals surface area contributed by atoms with Crippen molar-refractivity contribution in [1.29, 1.82) is 0 Å². The highest BCUT2D eigenvalue weighted by molar-refractivity contribution is 6.30. The lowest BCUT2D eigenvalue weighted by Crippen LogP contribution is -2.41. The molecule has 0 saturated heterocycles. The molecule has 0 bridgehead atoms. The number of methoxy groups -OCH3 is 1. The fourth-order valence-corrected chi connectivity index (χ4v) is 3.48. The van der Waals surface area contributed by atoms with Crippen molar-refractivity contribution in [3.63, 3.8) is 0 Å². The van der Waals surface area contributed by atoms with Crippen LogP contribution in [0, 0.1) is 13.8 Å². The summed E-state index contributed by atoms with van der Waals surface area (Å²) < 4.78 is 16.7. The number of hydrogen-bond acceptors (Lipinski definition) is 5. The number of amides is 1. The molecule has 0 saturated carbocycles. The van der Waals surface area contributed by atoms with E-state index in [2.05, 4.69) is 5.16 Å². The van der Waals surface area contributed by atoms with Crippen molar-refractivity contribution >= 4 is 23.2 Å². The first-order valence-electron chi connectivity index (χ1n) is 8.81. The highest BCUT2D eigenvalue weighted by Gasteiger charge is 2.39. The van der Waals surface area contributed by atoms with E-state index in [-0.39, 0.29) is 5.91 Å². The van der Waals surface area contributed by atoms with Crippen molar-refractivity contribution in [2.45, 2.75) is 26.5 Å². The van der Waals surface area contributed by atoms with E-state index >= 15 is 0 Å². The highest BCUT2D eigenvalue weighted by Crippen LogP contribution is 2.42. The molecule has 1 aliphatic heterocycles. The van der Waals surface area contributed by atoms with Gasteiger partial charge in [0.15, 0.2) is 0 Å². The van der Waals surface area contributed by atoms with E-state index in [9.17, 15) is 4.79 Å². The average molecular weight is 399 g/mol. The second kappa shape index (κ2) is 7.20. The van der Waals surface area contributed by atoms with Gasteiger partial charge in [-0.15, -0.1) is 0 Å². The van der Waals surface area contributed by atoms with Crippen LogP contribution in [-0.2, 0) is 11.3 Å². The van der Waals surface area contributed by atoms with Crippen molar-refractivity contribution in [2.75, 3.05) is 12.0 Å². The normalized spacial score (nSPS) is 15.9. The van der Waals surface area contributed by atoms with Crippen molar-refractivity contribution in [3.8, 4) is 11.5 Å². The van der Waals surface area contributed by atoms with Crippen LogP contribution in [0.25, 0.3) is 0 Å². The average Bonchev–Trinajstić information content (AvgIpc) is 3.03. The summed E-state index contributed by atoms with van der Waals surface area (Å²) in [5, 5.41) is 4.61. The Morgan fingerprint density at radius 3 is 2.57 bits per heavy atom. The Hall–Kier alpha value is -2.99. The molecule has 0 radical (unpaired) electrons. The van der Waals surface area contributed by atoms with Gasteiger partial charge in [0.25, 0.3) is 5.91 Å². The number of carbonyl (C=O) groups excluding carboxylic acids is 1. The fraction of sp³-hybridized carbons (Fsp3) is 0.238. The molecule has 1 atom stereocenters. The summed E-state index contributed by atoms with van der Waals surface area (Å²) in [6.07, 6.45) is -0.820. The second-order valence-electron chi connectivity index (χ2n) is 6.62. The van der Waals surface area contributed by atoms with E-state index in [0.29, 0.717) is 45.8 Å². The number of aryl methyl sites for hydroxylation is 2.